The Labute approximate surface area is 205 Å². The average molecular weight is 542 g/mol. The number of carboxylic acid groups (broad SMARTS) is 1. The number of aliphatic carboxylic acids is 1. The molecule has 2 N–H and O–H groups in total. The zero-order chi connectivity index (χ0) is 23.9. The van der Waals surface area contributed by atoms with Gasteiger partial charge in [0.25, 0.3) is 5.91 Å². The van der Waals surface area contributed by atoms with Crippen molar-refractivity contribution in [1.82, 2.24) is 4.90 Å². The van der Waals surface area contributed by atoms with Crippen molar-refractivity contribution in [3.63, 3.8) is 0 Å². The molecule has 2 amide bonds. The number of ether oxygens (including phenoxy) is 1. The van der Waals surface area contributed by atoms with Gasteiger partial charge in [-0.15, -0.1) is 6.58 Å². The van der Waals surface area contributed by atoms with E-state index in [0.717, 1.165) is 0 Å². The number of hydrogen-bond donors (Lipinski definition) is 2. The lowest BCUT2D eigenvalue weighted by molar-refractivity contribution is -0.149. The van der Waals surface area contributed by atoms with Crippen molar-refractivity contribution in [3.8, 4) is 0 Å². The zero-order valence-corrected chi connectivity index (χ0v) is 20.2. The summed E-state index contributed by atoms with van der Waals surface area (Å²) in [5.41, 5.74) is -0.647. The van der Waals surface area contributed by atoms with Crippen LogP contribution in [0.25, 0.3) is 0 Å². The number of halogens is 2. The number of fused-ring (bicyclic) bond motifs is 1. The van der Waals surface area contributed by atoms with E-state index in [1.807, 2.05) is 0 Å². The normalized spacial score (nSPS) is 32.2. The summed E-state index contributed by atoms with van der Waals surface area (Å²) < 4.78 is 6.26. The van der Waals surface area contributed by atoms with Gasteiger partial charge in [0, 0.05) is 35.2 Å². The van der Waals surface area contributed by atoms with Gasteiger partial charge in [-0.25, -0.2) is 0 Å². The van der Waals surface area contributed by atoms with Crippen molar-refractivity contribution in [2.24, 2.45) is 11.8 Å². The van der Waals surface area contributed by atoms with Gasteiger partial charge in [-0.2, -0.15) is 0 Å². The van der Waals surface area contributed by atoms with E-state index in [2.05, 4.69) is 22.5 Å². The van der Waals surface area contributed by atoms with Gasteiger partial charge in [0.15, 0.2) is 0 Å². The van der Waals surface area contributed by atoms with Crippen molar-refractivity contribution in [3.05, 3.63) is 41.9 Å². The van der Waals surface area contributed by atoms with Crippen LogP contribution in [-0.4, -0.2) is 75.2 Å². The molecule has 3 saturated heterocycles. The summed E-state index contributed by atoms with van der Waals surface area (Å²) in [6.07, 6.45) is 2.20. The molecule has 0 aliphatic carbocycles. The topological polar surface area (TPSA) is 107 Å². The fourth-order valence-corrected chi connectivity index (χ4v) is 6.61. The highest BCUT2D eigenvalue weighted by atomic mass is 79.9. The van der Waals surface area contributed by atoms with Gasteiger partial charge < -0.3 is 24.7 Å². The fraction of sp³-hybridized carbons (Fsp3) is 0.522. The molecule has 1 unspecified atom stereocenters. The number of unbranched alkanes of at least 4 members (excludes halogenated alkanes) is 1. The van der Waals surface area contributed by atoms with Gasteiger partial charge in [0.1, 0.15) is 11.6 Å². The lowest BCUT2D eigenvalue weighted by atomic mass is 9.70. The molecule has 4 rings (SSSR count). The van der Waals surface area contributed by atoms with Crippen LogP contribution in [0.4, 0.5) is 5.69 Å². The summed E-state index contributed by atoms with van der Waals surface area (Å²) in [5, 5.41) is 19.6. The second-order valence-corrected chi connectivity index (χ2v) is 10.3. The number of likely N-dealkylation sites (tertiary alicyclic amines) is 1. The summed E-state index contributed by atoms with van der Waals surface area (Å²) in [7, 11) is 0. The lowest BCUT2D eigenvalue weighted by Crippen LogP contribution is -2.57. The van der Waals surface area contributed by atoms with Crippen LogP contribution in [0, 0.1) is 11.8 Å². The molecule has 33 heavy (non-hydrogen) atoms. The van der Waals surface area contributed by atoms with Crippen LogP contribution in [0.2, 0.25) is 5.02 Å². The molecule has 6 atom stereocenters. The van der Waals surface area contributed by atoms with Crippen LogP contribution in [0.1, 0.15) is 19.3 Å². The van der Waals surface area contributed by atoms with E-state index in [0.29, 0.717) is 30.0 Å². The number of anilines is 1. The molecule has 0 radical (unpaired) electrons. The maximum Gasteiger partial charge on any atom is 0.310 e. The first-order valence-electron chi connectivity index (χ1n) is 10.9. The van der Waals surface area contributed by atoms with Gasteiger partial charge in [0.05, 0.1) is 17.9 Å². The zero-order valence-electron chi connectivity index (χ0n) is 17.9. The molecular formula is C23H26BrClN2O6. The number of amides is 2. The minimum atomic E-state index is -1.24. The molecular weight excluding hydrogens is 516 g/mol. The molecule has 3 fully saturated rings. The van der Waals surface area contributed by atoms with E-state index >= 15 is 0 Å². The number of hydrogen-bond acceptors (Lipinski definition) is 5. The second-order valence-electron chi connectivity index (χ2n) is 8.68. The molecule has 3 heterocycles. The Bertz CT molecular complexity index is 959. The standard InChI is InChI=1S/C23H26BrClN2O6/c1-2-9-26(14-7-5-13(25)6-8-14)21(30)19-23-12-15(24)18(33-23)16(22(31)32)17(23)20(29)27(19)10-3-4-11-28/h2,5-8,15-19,28H,1,3-4,9-12H2,(H,31,32)/t15?,16-,17+,18-,19-,23+/m0/s1. The number of nitrogens with zero attached hydrogens (tertiary/aromatic N) is 2. The minimum Gasteiger partial charge on any atom is -0.481 e. The number of carbonyl (C=O) groups is 3. The lowest BCUT2D eigenvalue weighted by Gasteiger charge is -2.37. The molecule has 2 bridgehead atoms. The molecule has 1 spiro atoms. The Hall–Kier alpha value is -1.94. The van der Waals surface area contributed by atoms with Gasteiger partial charge in [-0.1, -0.05) is 33.6 Å². The Kier molecular flexibility index (Phi) is 6.87. The van der Waals surface area contributed by atoms with E-state index in [1.54, 1.807) is 30.3 Å². The summed E-state index contributed by atoms with van der Waals surface area (Å²) >= 11 is 9.55. The average Bonchev–Trinajstić information content (AvgIpc) is 3.36. The third-order valence-corrected chi connectivity index (χ3v) is 7.93. The van der Waals surface area contributed by atoms with E-state index < -0.39 is 35.6 Å². The summed E-state index contributed by atoms with van der Waals surface area (Å²) in [6, 6.07) is 5.79. The largest absolute Gasteiger partial charge is 0.481 e. The van der Waals surface area contributed by atoms with E-state index in [-0.39, 0.29) is 36.3 Å². The minimum absolute atomic E-state index is 0.0393. The van der Waals surface area contributed by atoms with Crippen LogP contribution >= 0.6 is 27.5 Å². The van der Waals surface area contributed by atoms with Crippen molar-refractivity contribution in [2.45, 2.75) is 41.8 Å². The van der Waals surface area contributed by atoms with E-state index in [1.165, 1.54) is 9.80 Å². The van der Waals surface area contributed by atoms with Crippen LogP contribution in [0.15, 0.2) is 36.9 Å². The number of carbonyl (C=O) groups excluding carboxylic acids is 2. The first-order chi connectivity index (χ1) is 15.8. The number of carboxylic acids is 1. The SMILES string of the molecule is C=CCN(C(=O)[C@@H]1N(CCCCO)C(=O)[C@H]2[C@H](C(=O)O)[C@H]3O[C@@]12CC3Br)c1ccc(Cl)cc1. The van der Waals surface area contributed by atoms with Crippen molar-refractivity contribution < 1.29 is 29.3 Å². The summed E-state index contributed by atoms with van der Waals surface area (Å²) in [4.78, 5) is 42.5. The monoisotopic (exact) mass is 540 g/mol. The van der Waals surface area contributed by atoms with E-state index in [4.69, 9.17) is 16.3 Å². The maximum atomic E-state index is 14.1. The van der Waals surface area contributed by atoms with Crippen molar-refractivity contribution in [2.75, 3.05) is 24.6 Å². The van der Waals surface area contributed by atoms with Crippen LogP contribution in [0.5, 0.6) is 0 Å². The van der Waals surface area contributed by atoms with Crippen LogP contribution in [0.3, 0.4) is 0 Å². The molecule has 3 aliphatic rings. The summed E-state index contributed by atoms with van der Waals surface area (Å²) in [5.74, 6) is -3.81. The molecule has 1 aromatic carbocycles. The summed E-state index contributed by atoms with van der Waals surface area (Å²) in [6.45, 7) is 4.14. The molecule has 0 saturated carbocycles. The highest BCUT2D eigenvalue weighted by molar-refractivity contribution is 9.09. The quantitative estimate of drug-likeness (QED) is 0.283. The van der Waals surface area contributed by atoms with Crippen molar-refractivity contribution in [1.29, 1.82) is 0 Å². The number of rotatable bonds is 9. The van der Waals surface area contributed by atoms with Crippen molar-refractivity contribution >= 4 is 51.0 Å². The predicted molar refractivity (Wildman–Crippen MR) is 125 cm³/mol. The number of aliphatic hydroxyl groups excluding tert-OH is 1. The number of benzene rings is 1. The van der Waals surface area contributed by atoms with Gasteiger partial charge in [-0.05, 0) is 43.5 Å². The number of aliphatic hydroxyl groups is 1. The molecule has 178 valence electrons. The molecule has 3 aliphatic heterocycles. The van der Waals surface area contributed by atoms with Crippen LogP contribution < -0.4 is 4.90 Å². The smallest absolute Gasteiger partial charge is 0.310 e. The fourth-order valence-electron chi connectivity index (χ4n) is 5.55. The van der Waals surface area contributed by atoms with Gasteiger partial charge >= 0.3 is 5.97 Å². The first-order valence-corrected chi connectivity index (χ1v) is 12.2. The molecule has 8 nitrogen and oxygen atoms in total. The van der Waals surface area contributed by atoms with Gasteiger partial charge in [-0.3, -0.25) is 14.4 Å². The Morgan fingerprint density at radius 2 is 2.03 bits per heavy atom. The highest BCUT2D eigenvalue weighted by Crippen LogP contribution is 2.60. The molecule has 10 heteroatoms. The third kappa shape index (κ3) is 3.88. The Balaban J connectivity index is 1.77. The predicted octanol–water partition coefficient (Wildman–Crippen LogP) is 2.46. The molecule has 0 aromatic heterocycles. The third-order valence-electron chi connectivity index (χ3n) is 6.83. The van der Waals surface area contributed by atoms with E-state index in [9.17, 15) is 24.6 Å². The van der Waals surface area contributed by atoms with Gasteiger partial charge in [0.2, 0.25) is 5.91 Å². The molecule has 1 aromatic rings. The number of alkyl halides is 1. The first kappa shape index (κ1) is 24.2. The maximum absolute atomic E-state index is 14.1. The Morgan fingerprint density at radius 3 is 2.64 bits per heavy atom. The Morgan fingerprint density at radius 1 is 1.33 bits per heavy atom. The second kappa shape index (κ2) is 9.37. The highest BCUT2D eigenvalue weighted by Gasteiger charge is 2.76. The van der Waals surface area contributed by atoms with Crippen LogP contribution in [-0.2, 0) is 19.1 Å².